The summed E-state index contributed by atoms with van der Waals surface area (Å²) in [5, 5.41) is 0.505. The van der Waals surface area contributed by atoms with E-state index < -0.39 is 10.0 Å². The average molecular weight is 573 g/mol. The van der Waals surface area contributed by atoms with Crippen molar-refractivity contribution in [3.05, 3.63) is 114 Å². The SMILES string of the molecule is CCN(Cc1ccccc1)S(=O)(=O)c1ccc(C(=O)N(Cc2cccnc2)c2nc3c(OC)cccc3s2)cc1. The van der Waals surface area contributed by atoms with Crippen molar-refractivity contribution in [3.63, 3.8) is 0 Å². The van der Waals surface area contributed by atoms with Gasteiger partial charge in [-0.05, 0) is 53.6 Å². The van der Waals surface area contributed by atoms with Crippen LogP contribution in [0.15, 0.2) is 102 Å². The lowest BCUT2D eigenvalue weighted by Gasteiger charge is -2.22. The molecule has 5 aromatic rings. The molecule has 3 aromatic carbocycles. The highest BCUT2D eigenvalue weighted by atomic mass is 32.2. The molecular weight excluding hydrogens is 544 g/mol. The molecule has 0 bridgehead atoms. The summed E-state index contributed by atoms with van der Waals surface area (Å²) in [6.07, 6.45) is 3.38. The van der Waals surface area contributed by atoms with E-state index in [0.29, 0.717) is 28.5 Å². The number of hydrogen-bond acceptors (Lipinski definition) is 7. The number of hydrogen-bond donors (Lipinski definition) is 0. The first kappa shape index (κ1) is 27.4. The van der Waals surface area contributed by atoms with Gasteiger partial charge < -0.3 is 4.74 Å². The van der Waals surface area contributed by atoms with Crippen LogP contribution in [0.1, 0.15) is 28.4 Å². The number of thiazole rings is 1. The van der Waals surface area contributed by atoms with Gasteiger partial charge in [0.1, 0.15) is 11.3 Å². The number of aromatic nitrogens is 2. The van der Waals surface area contributed by atoms with Crippen LogP contribution in [-0.4, -0.2) is 42.3 Å². The van der Waals surface area contributed by atoms with Crippen LogP contribution in [0.25, 0.3) is 10.2 Å². The Hall–Kier alpha value is -4.12. The zero-order valence-electron chi connectivity index (χ0n) is 22.1. The van der Waals surface area contributed by atoms with E-state index >= 15 is 0 Å². The summed E-state index contributed by atoms with van der Waals surface area (Å²) in [6.45, 7) is 2.63. The highest BCUT2D eigenvalue weighted by Gasteiger charge is 2.26. The minimum atomic E-state index is -3.76. The second-order valence-corrected chi connectivity index (χ2v) is 11.9. The lowest BCUT2D eigenvalue weighted by molar-refractivity contribution is 0.0985. The third-order valence-electron chi connectivity index (χ3n) is 6.42. The molecule has 2 heterocycles. The lowest BCUT2D eigenvalue weighted by atomic mass is 10.2. The number of amides is 1. The first-order chi connectivity index (χ1) is 19.4. The van der Waals surface area contributed by atoms with Crippen LogP contribution in [0.4, 0.5) is 5.13 Å². The highest BCUT2D eigenvalue weighted by molar-refractivity contribution is 7.89. The number of anilines is 1. The molecule has 204 valence electrons. The smallest absolute Gasteiger partial charge is 0.260 e. The summed E-state index contributed by atoms with van der Waals surface area (Å²) in [5.74, 6) is 0.321. The van der Waals surface area contributed by atoms with Crippen LogP contribution in [0.3, 0.4) is 0 Å². The molecule has 0 saturated carbocycles. The van der Waals surface area contributed by atoms with Crippen molar-refractivity contribution in [2.24, 2.45) is 0 Å². The molecule has 5 rings (SSSR count). The number of rotatable bonds is 10. The molecule has 0 aliphatic rings. The van der Waals surface area contributed by atoms with Crippen molar-refractivity contribution in [1.29, 1.82) is 0 Å². The number of carbonyl (C=O) groups is 1. The topological polar surface area (TPSA) is 92.7 Å². The normalized spacial score (nSPS) is 11.6. The van der Waals surface area contributed by atoms with Crippen molar-refractivity contribution in [2.75, 3.05) is 18.6 Å². The number of ether oxygens (including phenoxy) is 1. The molecule has 0 atom stereocenters. The second-order valence-electron chi connectivity index (χ2n) is 9.00. The molecule has 0 unspecified atom stereocenters. The first-order valence-corrected chi connectivity index (χ1v) is 14.9. The maximum atomic E-state index is 13.9. The van der Waals surface area contributed by atoms with Gasteiger partial charge in [-0.1, -0.05) is 60.7 Å². The minimum absolute atomic E-state index is 0.130. The summed E-state index contributed by atoms with van der Waals surface area (Å²) < 4.78 is 34.6. The summed E-state index contributed by atoms with van der Waals surface area (Å²) in [7, 11) is -2.18. The number of fused-ring (bicyclic) bond motifs is 1. The van der Waals surface area contributed by atoms with E-state index in [0.717, 1.165) is 15.8 Å². The zero-order valence-corrected chi connectivity index (χ0v) is 23.7. The van der Waals surface area contributed by atoms with E-state index in [1.165, 1.54) is 27.8 Å². The van der Waals surface area contributed by atoms with Crippen molar-refractivity contribution in [1.82, 2.24) is 14.3 Å². The molecule has 10 heteroatoms. The molecule has 0 aliphatic heterocycles. The molecule has 0 saturated heterocycles. The molecule has 40 heavy (non-hydrogen) atoms. The average Bonchev–Trinajstić information content (AvgIpc) is 3.43. The minimum Gasteiger partial charge on any atom is -0.494 e. The Kier molecular flexibility index (Phi) is 8.20. The van der Waals surface area contributed by atoms with Crippen molar-refractivity contribution in [3.8, 4) is 5.75 Å². The molecule has 2 aromatic heterocycles. The van der Waals surface area contributed by atoms with E-state index in [4.69, 9.17) is 9.72 Å². The van der Waals surface area contributed by atoms with Crippen LogP contribution in [0, 0.1) is 0 Å². The van der Waals surface area contributed by atoms with Gasteiger partial charge in [-0.15, -0.1) is 0 Å². The zero-order chi connectivity index (χ0) is 28.1. The van der Waals surface area contributed by atoms with Gasteiger partial charge in [-0.2, -0.15) is 4.31 Å². The van der Waals surface area contributed by atoms with Crippen molar-refractivity contribution in [2.45, 2.75) is 24.9 Å². The van der Waals surface area contributed by atoms with Gasteiger partial charge in [0, 0.05) is 31.0 Å². The van der Waals surface area contributed by atoms with Gasteiger partial charge in [-0.25, -0.2) is 13.4 Å². The summed E-state index contributed by atoms with van der Waals surface area (Å²) >= 11 is 1.38. The Bertz CT molecular complexity index is 1710. The molecule has 0 fully saturated rings. The monoisotopic (exact) mass is 572 g/mol. The molecule has 0 N–H and O–H groups in total. The number of methoxy groups -OCH3 is 1. The fraction of sp³-hybridized carbons (Fsp3) is 0.167. The third kappa shape index (κ3) is 5.74. The molecule has 0 spiro atoms. The third-order valence-corrected chi connectivity index (χ3v) is 9.40. The number of para-hydroxylation sites is 1. The van der Waals surface area contributed by atoms with E-state index in [1.807, 2.05) is 67.6 Å². The summed E-state index contributed by atoms with van der Waals surface area (Å²) in [5.41, 5.74) is 2.76. The van der Waals surface area contributed by atoms with Gasteiger partial charge >= 0.3 is 0 Å². The lowest BCUT2D eigenvalue weighted by Crippen LogP contribution is -2.31. The predicted molar refractivity (Wildman–Crippen MR) is 157 cm³/mol. The first-order valence-electron chi connectivity index (χ1n) is 12.7. The van der Waals surface area contributed by atoms with Gasteiger partial charge in [-0.3, -0.25) is 14.7 Å². The largest absolute Gasteiger partial charge is 0.494 e. The number of sulfonamides is 1. The molecule has 8 nitrogen and oxygen atoms in total. The Labute approximate surface area is 237 Å². The van der Waals surface area contributed by atoms with Crippen LogP contribution >= 0.6 is 11.3 Å². The van der Waals surface area contributed by atoms with Gasteiger partial charge in [0.15, 0.2) is 5.13 Å². The number of benzene rings is 3. The van der Waals surface area contributed by atoms with Gasteiger partial charge in [0.25, 0.3) is 5.91 Å². The maximum Gasteiger partial charge on any atom is 0.260 e. The van der Waals surface area contributed by atoms with Crippen LogP contribution < -0.4 is 9.64 Å². The Morgan fingerprint density at radius 2 is 1.65 bits per heavy atom. The molecule has 1 amide bonds. The quantitative estimate of drug-likeness (QED) is 0.211. The predicted octanol–water partition coefficient (Wildman–Crippen LogP) is 5.76. The molecule has 0 aliphatic carbocycles. The van der Waals surface area contributed by atoms with E-state index in [2.05, 4.69) is 4.98 Å². The van der Waals surface area contributed by atoms with Crippen LogP contribution in [-0.2, 0) is 23.1 Å². The Morgan fingerprint density at radius 1 is 0.900 bits per heavy atom. The molecular formula is C30H28N4O4S2. The van der Waals surface area contributed by atoms with Crippen molar-refractivity contribution >= 4 is 42.6 Å². The Morgan fingerprint density at radius 3 is 2.33 bits per heavy atom. The summed E-state index contributed by atoms with van der Waals surface area (Å²) in [6, 6.07) is 24.9. The molecule has 0 radical (unpaired) electrons. The van der Waals surface area contributed by atoms with Gasteiger partial charge in [0.2, 0.25) is 10.0 Å². The maximum absolute atomic E-state index is 13.9. The highest BCUT2D eigenvalue weighted by Crippen LogP contribution is 2.35. The number of carbonyl (C=O) groups excluding carboxylic acids is 1. The van der Waals surface area contributed by atoms with E-state index in [-0.39, 0.29) is 23.9 Å². The van der Waals surface area contributed by atoms with Crippen molar-refractivity contribution < 1.29 is 17.9 Å². The van der Waals surface area contributed by atoms with Gasteiger partial charge in [0.05, 0.1) is 23.2 Å². The fourth-order valence-corrected chi connectivity index (χ4v) is 6.74. The number of nitrogens with zero attached hydrogens (tertiary/aromatic N) is 4. The van der Waals surface area contributed by atoms with E-state index in [1.54, 1.807) is 36.5 Å². The second kappa shape index (κ2) is 12.0. The van der Waals surface area contributed by atoms with E-state index in [9.17, 15) is 13.2 Å². The standard InChI is InChI=1S/C30H28N4O4S2/c1-3-33(20-22-9-5-4-6-10-22)40(36,37)25-16-14-24(15-17-25)29(35)34(21-23-11-8-18-31-19-23)30-32-28-26(38-2)12-7-13-27(28)39-30/h4-19H,3,20-21H2,1-2H3. The fourth-order valence-electron chi connectivity index (χ4n) is 4.32. The summed E-state index contributed by atoms with van der Waals surface area (Å²) in [4.78, 5) is 24.5. The van der Waals surface area contributed by atoms with Crippen LogP contribution in [0.2, 0.25) is 0 Å². The number of pyridine rings is 1. The Balaban J connectivity index is 1.45. The van der Waals surface area contributed by atoms with Crippen LogP contribution in [0.5, 0.6) is 5.75 Å².